The van der Waals surface area contributed by atoms with Crippen LogP contribution in [0, 0.1) is 6.92 Å². The molecule has 0 aromatic carbocycles. The lowest BCUT2D eigenvalue weighted by Gasteiger charge is -2.27. The van der Waals surface area contributed by atoms with Crippen LogP contribution in [0.15, 0.2) is 21.7 Å². The summed E-state index contributed by atoms with van der Waals surface area (Å²) in [6, 6.07) is 3.56. The van der Waals surface area contributed by atoms with Gasteiger partial charge in [0.05, 0.1) is 0 Å². The molecule has 4 rings (SSSR count). The number of H-pyrrole nitrogens is 2. The van der Waals surface area contributed by atoms with Crippen molar-refractivity contribution in [3.63, 3.8) is 0 Å². The maximum absolute atomic E-state index is 12.2. The second-order valence-electron chi connectivity index (χ2n) is 5.76. The summed E-state index contributed by atoms with van der Waals surface area (Å²) in [4.78, 5) is 38.3. The molecule has 7 nitrogen and oxygen atoms in total. The van der Waals surface area contributed by atoms with Gasteiger partial charge in [-0.05, 0) is 38.3 Å². The molecule has 3 aromatic heterocycles. The molecule has 0 aliphatic heterocycles. The van der Waals surface area contributed by atoms with Gasteiger partial charge in [-0.3, -0.25) is 14.3 Å². The molecule has 23 heavy (non-hydrogen) atoms. The maximum Gasteiger partial charge on any atom is 0.330 e. The molecule has 3 aromatic rings. The quantitative estimate of drug-likeness (QED) is 0.703. The lowest BCUT2D eigenvalue weighted by Crippen LogP contribution is -2.35. The van der Waals surface area contributed by atoms with Gasteiger partial charge in [0.1, 0.15) is 16.5 Å². The Kier molecular flexibility index (Phi) is 3.12. The number of hydrogen-bond donors (Lipinski definition) is 2. The second kappa shape index (κ2) is 5.06. The summed E-state index contributed by atoms with van der Waals surface area (Å²) >= 11 is 5.88. The first-order valence-electron chi connectivity index (χ1n) is 7.42. The van der Waals surface area contributed by atoms with Gasteiger partial charge in [0.2, 0.25) is 0 Å². The van der Waals surface area contributed by atoms with E-state index < -0.39 is 11.2 Å². The fourth-order valence-corrected chi connectivity index (χ4v) is 3.09. The Balaban J connectivity index is 1.98. The highest BCUT2D eigenvalue weighted by molar-refractivity contribution is 6.29. The Morgan fingerprint density at radius 1 is 1.22 bits per heavy atom. The van der Waals surface area contributed by atoms with Crippen molar-refractivity contribution in [3.8, 4) is 11.4 Å². The Morgan fingerprint density at radius 2 is 2.00 bits per heavy atom. The number of aromatic amines is 2. The number of halogens is 1. The van der Waals surface area contributed by atoms with Crippen LogP contribution in [0.3, 0.4) is 0 Å². The van der Waals surface area contributed by atoms with E-state index in [2.05, 4.69) is 19.9 Å². The Morgan fingerprint density at radius 3 is 2.65 bits per heavy atom. The molecule has 2 N–H and O–H groups in total. The van der Waals surface area contributed by atoms with Crippen molar-refractivity contribution in [2.24, 2.45) is 0 Å². The first-order chi connectivity index (χ1) is 11.0. The number of aryl methyl sites for hydroxylation is 1. The summed E-state index contributed by atoms with van der Waals surface area (Å²) in [7, 11) is 0. The summed E-state index contributed by atoms with van der Waals surface area (Å²) < 4.78 is 1.58. The summed E-state index contributed by atoms with van der Waals surface area (Å²) in [5, 5.41) is 0.395. The summed E-state index contributed by atoms with van der Waals surface area (Å²) in [6.45, 7) is 1.82. The average Bonchev–Trinajstić information content (AvgIpc) is 2.86. The molecular formula is C15H14ClN5O2. The Bertz CT molecular complexity index is 1030. The SMILES string of the molecule is Cc1nc(Cl)ccc1-c1nc2c([nH]1)c(=O)[nH]c(=O)n2C1CCC1. The lowest BCUT2D eigenvalue weighted by molar-refractivity contribution is 0.310. The number of rotatable bonds is 2. The van der Waals surface area contributed by atoms with Crippen molar-refractivity contribution in [3.05, 3.63) is 43.8 Å². The van der Waals surface area contributed by atoms with Gasteiger partial charge in [0.15, 0.2) is 5.65 Å². The second-order valence-corrected chi connectivity index (χ2v) is 6.15. The minimum atomic E-state index is -0.459. The van der Waals surface area contributed by atoms with Gasteiger partial charge >= 0.3 is 5.69 Å². The smallest absolute Gasteiger partial charge is 0.330 e. The molecule has 0 spiro atoms. The summed E-state index contributed by atoms with van der Waals surface area (Å²) in [5.74, 6) is 0.505. The zero-order valence-electron chi connectivity index (χ0n) is 12.4. The summed E-state index contributed by atoms with van der Waals surface area (Å²) in [6.07, 6.45) is 2.92. The standard InChI is InChI=1S/C15H14ClN5O2/c1-7-9(5-6-10(16)17-7)12-18-11-13(19-12)21(8-3-2-4-8)15(23)20-14(11)22/h5-6,8H,2-4H2,1H3,(H,18,19)(H,20,22,23). The molecule has 0 atom stereocenters. The van der Waals surface area contributed by atoms with Gasteiger partial charge in [0, 0.05) is 17.3 Å². The van der Waals surface area contributed by atoms with Gasteiger partial charge in [-0.2, -0.15) is 0 Å². The molecule has 3 heterocycles. The van der Waals surface area contributed by atoms with Gasteiger partial charge < -0.3 is 4.98 Å². The van der Waals surface area contributed by atoms with Crippen LogP contribution in [-0.2, 0) is 0 Å². The van der Waals surface area contributed by atoms with E-state index >= 15 is 0 Å². The molecule has 0 saturated heterocycles. The van der Waals surface area contributed by atoms with Crippen molar-refractivity contribution < 1.29 is 0 Å². The molecule has 1 aliphatic rings. The van der Waals surface area contributed by atoms with Crippen LogP contribution < -0.4 is 11.2 Å². The topological polar surface area (TPSA) is 96.4 Å². The highest BCUT2D eigenvalue weighted by Gasteiger charge is 2.25. The number of aromatic nitrogens is 5. The van der Waals surface area contributed by atoms with Crippen LogP contribution in [0.1, 0.15) is 31.0 Å². The number of pyridine rings is 1. The fourth-order valence-electron chi connectivity index (χ4n) is 2.90. The van der Waals surface area contributed by atoms with Crippen LogP contribution in [0.2, 0.25) is 5.15 Å². The predicted octanol–water partition coefficient (Wildman–Crippen LogP) is 2.16. The number of imidazole rings is 1. The molecular weight excluding hydrogens is 318 g/mol. The third kappa shape index (κ3) is 2.19. The van der Waals surface area contributed by atoms with Gasteiger partial charge in [0.25, 0.3) is 5.56 Å². The van der Waals surface area contributed by atoms with Crippen molar-refractivity contribution in [2.45, 2.75) is 32.2 Å². The molecule has 1 fully saturated rings. The van der Waals surface area contributed by atoms with Crippen LogP contribution in [0.5, 0.6) is 0 Å². The number of hydrogen-bond acceptors (Lipinski definition) is 4. The van der Waals surface area contributed by atoms with E-state index in [1.807, 2.05) is 6.92 Å². The zero-order valence-corrected chi connectivity index (χ0v) is 13.1. The highest BCUT2D eigenvalue weighted by atomic mass is 35.5. The molecule has 8 heteroatoms. The van der Waals surface area contributed by atoms with Crippen molar-refractivity contribution in [1.29, 1.82) is 0 Å². The fraction of sp³-hybridized carbons (Fsp3) is 0.333. The van der Waals surface area contributed by atoms with Crippen molar-refractivity contribution in [2.75, 3.05) is 0 Å². The van der Waals surface area contributed by atoms with Crippen molar-refractivity contribution in [1.82, 2.24) is 24.5 Å². The third-order valence-corrected chi connectivity index (χ3v) is 4.54. The van der Waals surface area contributed by atoms with Crippen LogP contribution in [-0.4, -0.2) is 24.5 Å². The molecule has 0 bridgehead atoms. The maximum atomic E-state index is 12.2. The van der Waals surface area contributed by atoms with Gasteiger partial charge in [-0.25, -0.2) is 14.8 Å². The van der Waals surface area contributed by atoms with Crippen LogP contribution in [0.25, 0.3) is 22.6 Å². The van der Waals surface area contributed by atoms with E-state index in [1.165, 1.54) is 0 Å². The van der Waals surface area contributed by atoms with E-state index in [-0.39, 0.29) is 6.04 Å². The minimum Gasteiger partial charge on any atom is -0.332 e. The van der Waals surface area contributed by atoms with Gasteiger partial charge in [-0.1, -0.05) is 11.6 Å². The first-order valence-corrected chi connectivity index (χ1v) is 7.80. The zero-order chi connectivity index (χ0) is 16.1. The van der Waals surface area contributed by atoms with Crippen LogP contribution >= 0.6 is 11.6 Å². The first kappa shape index (κ1) is 14.2. The normalized spacial score (nSPS) is 15.0. The molecule has 0 amide bonds. The van der Waals surface area contributed by atoms with Gasteiger partial charge in [-0.15, -0.1) is 0 Å². The lowest BCUT2D eigenvalue weighted by atomic mass is 9.93. The van der Waals surface area contributed by atoms with E-state index in [0.717, 1.165) is 24.8 Å². The number of nitrogens with zero attached hydrogens (tertiary/aromatic N) is 3. The monoisotopic (exact) mass is 331 g/mol. The molecule has 118 valence electrons. The average molecular weight is 332 g/mol. The molecule has 0 unspecified atom stereocenters. The third-order valence-electron chi connectivity index (χ3n) is 4.33. The van der Waals surface area contributed by atoms with E-state index in [4.69, 9.17) is 11.6 Å². The van der Waals surface area contributed by atoms with E-state index in [1.54, 1.807) is 16.7 Å². The Labute approximate surface area is 135 Å². The van der Waals surface area contributed by atoms with Crippen LogP contribution in [0.4, 0.5) is 0 Å². The summed E-state index contributed by atoms with van der Waals surface area (Å²) in [5.41, 5.74) is 1.28. The minimum absolute atomic E-state index is 0.0995. The Hall–Kier alpha value is -2.41. The molecule has 0 radical (unpaired) electrons. The molecule has 1 saturated carbocycles. The number of nitrogens with one attached hydrogen (secondary N) is 2. The van der Waals surface area contributed by atoms with Crippen molar-refractivity contribution >= 4 is 22.8 Å². The largest absolute Gasteiger partial charge is 0.332 e. The van der Waals surface area contributed by atoms with E-state index in [0.29, 0.717) is 27.8 Å². The number of fused-ring (bicyclic) bond motifs is 1. The highest BCUT2D eigenvalue weighted by Crippen LogP contribution is 2.32. The predicted molar refractivity (Wildman–Crippen MR) is 86.8 cm³/mol. The molecule has 1 aliphatic carbocycles. The van der Waals surface area contributed by atoms with E-state index in [9.17, 15) is 9.59 Å².